The van der Waals surface area contributed by atoms with Gasteiger partial charge in [-0.2, -0.15) is 4.31 Å². The zero-order chi connectivity index (χ0) is 21.6. The number of hydrogen-bond donors (Lipinski definition) is 2. The van der Waals surface area contributed by atoms with Crippen LogP contribution >= 0.6 is 0 Å². The molecule has 1 aliphatic heterocycles. The number of nitrogens with zero attached hydrogens (tertiary/aromatic N) is 2. The van der Waals surface area contributed by atoms with Crippen LogP contribution in [0.25, 0.3) is 0 Å². The van der Waals surface area contributed by atoms with Crippen molar-refractivity contribution in [2.24, 2.45) is 0 Å². The third kappa shape index (κ3) is 6.02. The van der Waals surface area contributed by atoms with Gasteiger partial charge in [-0.3, -0.25) is 9.69 Å². The quantitative estimate of drug-likeness (QED) is 0.653. The van der Waals surface area contributed by atoms with E-state index in [9.17, 15) is 18.3 Å². The summed E-state index contributed by atoms with van der Waals surface area (Å²) < 4.78 is 32.4. The molecule has 1 heterocycles. The molecule has 2 N–H and O–H groups in total. The number of β-amino-alcohol motifs (C(OH)–C–C–N with tert-alkyl or cyclic N) is 1. The Morgan fingerprint density at radius 3 is 2.30 bits per heavy atom. The molecular formula is C21H27N3O5S. The minimum Gasteiger partial charge on any atom is -0.491 e. The summed E-state index contributed by atoms with van der Waals surface area (Å²) in [5.41, 5.74) is 0.679. The molecule has 1 amide bonds. The lowest BCUT2D eigenvalue weighted by Crippen LogP contribution is -2.50. The van der Waals surface area contributed by atoms with Crippen molar-refractivity contribution in [1.82, 2.24) is 9.21 Å². The summed E-state index contributed by atoms with van der Waals surface area (Å²) in [6.07, 6.45) is -0.697. The van der Waals surface area contributed by atoms with E-state index in [-0.39, 0.29) is 12.5 Å². The molecule has 8 nitrogen and oxygen atoms in total. The Labute approximate surface area is 177 Å². The van der Waals surface area contributed by atoms with Crippen molar-refractivity contribution in [2.45, 2.75) is 17.9 Å². The summed E-state index contributed by atoms with van der Waals surface area (Å²) in [4.78, 5) is 13.4. The molecule has 1 aliphatic rings. The van der Waals surface area contributed by atoms with Gasteiger partial charge >= 0.3 is 0 Å². The van der Waals surface area contributed by atoms with Crippen molar-refractivity contribution >= 4 is 21.6 Å². The fourth-order valence-corrected chi connectivity index (χ4v) is 4.72. The van der Waals surface area contributed by atoms with Crippen LogP contribution in [0.4, 0.5) is 5.69 Å². The number of nitrogens with one attached hydrogen (secondary N) is 1. The number of carbonyl (C=O) groups is 1. The zero-order valence-electron chi connectivity index (χ0n) is 16.9. The van der Waals surface area contributed by atoms with Crippen LogP contribution in [-0.2, 0) is 14.8 Å². The topological polar surface area (TPSA) is 99.2 Å². The predicted octanol–water partition coefficient (Wildman–Crippen LogP) is 1.39. The number of aliphatic hydroxyl groups is 1. The van der Waals surface area contributed by atoms with Crippen LogP contribution < -0.4 is 10.1 Å². The second kappa shape index (κ2) is 10.0. The molecule has 0 bridgehead atoms. The van der Waals surface area contributed by atoms with Crippen molar-refractivity contribution in [3.05, 3.63) is 54.6 Å². The second-order valence-electron chi connectivity index (χ2n) is 7.19. The lowest BCUT2D eigenvalue weighted by atomic mass is 10.3. The minimum absolute atomic E-state index is 0.127. The Hall–Kier alpha value is -2.46. The van der Waals surface area contributed by atoms with E-state index in [1.165, 1.54) is 11.2 Å². The fraction of sp³-hybridized carbons (Fsp3) is 0.381. The first-order chi connectivity index (χ1) is 14.3. The summed E-state index contributed by atoms with van der Waals surface area (Å²) in [5, 5.41) is 13.0. The first-order valence-corrected chi connectivity index (χ1v) is 11.2. The number of hydrogen-bond acceptors (Lipinski definition) is 6. The largest absolute Gasteiger partial charge is 0.491 e. The molecule has 0 radical (unpaired) electrons. The molecule has 3 rings (SSSR count). The molecule has 9 heteroatoms. The van der Waals surface area contributed by atoms with Crippen molar-refractivity contribution in [3.8, 4) is 5.75 Å². The Balaban J connectivity index is 1.43. The molecule has 0 aromatic heterocycles. The van der Waals surface area contributed by atoms with Gasteiger partial charge in [-0.15, -0.1) is 0 Å². The molecule has 1 atom stereocenters. The average Bonchev–Trinajstić information content (AvgIpc) is 2.74. The predicted molar refractivity (Wildman–Crippen MR) is 114 cm³/mol. The highest BCUT2D eigenvalue weighted by Gasteiger charge is 2.28. The van der Waals surface area contributed by atoms with Crippen molar-refractivity contribution in [1.29, 1.82) is 0 Å². The molecule has 0 saturated carbocycles. The molecule has 2 aromatic rings. The van der Waals surface area contributed by atoms with Crippen molar-refractivity contribution < 1.29 is 23.1 Å². The first kappa shape index (κ1) is 22.2. The Morgan fingerprint density at radius 2 is 1.70 bits per heavy atom. The highest BCUT2D eigenvalue weighted by molar-refractivity contribution is 7.89. The second-order valence-corrected chi connectivity index (χ2v) is 9.13. The molecule has 0 aliphatic carbocycles. The number of amides is 1. The van der Waals surface area contributed by atoms with E-state index in [1.54, 1.807) is 54.6 Å². The van der Waals surface area contributed by atoms with Gasteiger partial charge in [0, 0.05) is 45.3 Å². The number of carbonyl (C=O) groups excluding carboxylic acids is 1. The van der Waals surface area contributed by atoms with Gasteiger partial charge in [-0.1, -0.05) is 18.2 Å². The van der Waals surface area contributed by atoms with E-state index in [0.717, 1.165) is 0 Å². The molecule has 0 spiro atoms. The van der Waals surface area contributed by atoms with E-state index in [0.29, 0.717) is 49.1 Å². The van der Waals surface area contributed by atoms with Gasteiger partial charge in [0.2, 0.25) is 15.9 Å². The van der Waals surface area contributed by atoms with Crippen LogP contribution in [0.1, 0.15) is 6.92 Å². The monoisotopic (exact) mass is 433 g/mol. The molecule has 1 fully saturated rings. The maximum Gasteiger partial charge on any atom is 0.243 e. The average molecular weight is 434 g/mol. The Bertz CT molecular complexity index is 927. The number of aliphatic hydroxyl groups excluding tert-OH is 1. The highest BCUT2D eigenvalue weighted by Crippen LogP contribution is 2.18. The van der Waals surface area contributed by atoms with Gasteiger partial charge in [0.25, 0.3) is 0 Å². The van der Waals surface area contributed by atoms with Crippen LogP contribution in [0.5, 0.6) is 5.75 Å². The van der Waals surface area contributed by atoms with Gasteiger partial charge in [0.05, 0.1) is 4.90 Å². The third-order valence-electron chi connectivity index (χ3n) is 4.80. The Kier molecular flexibility index (Phi) is 7.43. The van der Waals surface area contributed by atoms with Crippen LogP contribution in [0.15, 0.2) is 59.5 Å². The Morgan fingerprint density at radius 1 is 1.07 bits per heavy atom. The molecule has 1 saturated heterocycles. The van der Waals surface area contributed by atoms with E-state index in [4.69, 9.17) is 4.74 Å². The molecular weight excluding hydrogens is 406 g/mol. The maximum atomic E-state index is 12.7. The zero-order valence-corrected chi connectivity index (χ0v) is 17.7. The molecule has 162 valence electrons. The molecule has 30 heavy (non-hydrogen) atoms. The summed E-state index contributed by atoms with van der Waals surface area (Å²) in [6.45, 7) is 3.84. The summed E-state index contributed by atoms with van der Waals surface area (Å²) in [5.74, 6) is 0.456. The lowest BCUT2D eigenvalue weighted by molar-refractivity contribution is -0.114. The van der Waals surface area contributed by atoms with E-state index < -0.39 is 16.1 Å². The third-order valence-corrected chi connectivity index (χ3v) is 6.71. The van der Waals surface area contributed by atoms with Crippen LogP contribution in [-0.4, -0.2) is 74.1 Å². The normalized spacial score (nSPS) is 16.7. The summed E-state index contributed by atoms with van der Waals surface area (Å²) in [6, 6.07) is 15.3. The first-order valence-electron chi connectivity index (χ1n) is 9.80. The smallest absolute Gasteiger partial charge is 0.243 e. The number of anilines is 1. The van der Waals surface area contributed by atoms with Crippen LogP contribution in [0.2, 0.25) is 0 Å². The van der Waals surface area contributed by atoms with Crippen molar-refractivity contribution in [2.75, 3.05) is 44.6 Å². The number of piperazine rings is 1. The van der Waals surface area contributed by atoms with E-state index >= 15 is 0 Å². The summed E-state index contributed by atoms with van der Waals surface area (Å²) in [7, 11) is -3.48. The van der Waals surface area contributed by atoms with Crippen LogP contribution in [0, 0.1) is 0 Å². The number of sulfonamides is 1. The number of ether oxygens (including phenoxy) is 1. The van der Waals surface area contributed by atoms with Gasteiger partial charge in [-0.25, -0.2) is 8.42 Å². The van der Waals surface area contributed by atoms with Gasteiger partial charge < -0.3 is 15.2 Å². The highest BCUT2D eigenvalue weighted by atomic mass is 32.2. The number of benzene rings is 2. The lowest BCUT2D eigenvalue weighted by Gasteiger charge is -2.34. The van der Waals surface area contributed by atoms with Gasteiger partial charge in [0.15, 0.2) is 0 Å². The molecule has 2 aromatic carbocycles. The number of rotatable bonds is 8. The maximum absolute atomic E-state index is 12.7. The standard InChI is InChI=1S/C21H27N3O5S/c1-17(25)22-18-7-9-20(10-8-18)29-16-19(26)15-23-11-13-24(14-12-23)30(27,28)21-5-3-2-4-6-21/h2-10,19,26H,11-16H2,1H3,(H,22,25). The van der Waals surface area contributed by atoms with Crippen molar-refractivity contribution in [3.63, 3.8) is 0 Å². The van der Waals surface area contributed by atoms with Gasteiger partial charge in [-0.05, 0) is 36.4 Å². The minimum atomic E-state index is -3.48. The SMILES string of the molecule is CC(=O)Nc1ccc(OCC(O)CN2CCN(S(=O)(=O)c3ccccc3)CC2)cc1. The van der Waals surface area contributed by atoms with E-state index in [1.807, 2.05) is 4.90 Å². The van der Waals surface area contributed by atoms with E-state index in [2.05, 4.69) is 5.32 Å². The molecule has 1 unspecified atom stereocenters. The van der Waals surface area contributed by atoms with Gasteiger partial charge in [0.1, 0.15) is 18.5 Å². The summed E-state index contributed by atoms with van der Waals surface area (Å²) >= 11 is 0. The van der Waals surface area contributed by atoms with Crippen LogP contribution in [0.3, 0.4) is 0 Å². The fourth-order valence-electron chi connectivity index (χ4n) is 3.27.